The molecule has 1 N–H and O–H groups in total. The van der Waals surface area contributed by atoms with Gasteiger partial charge in [-0.2, -0.15) is 0 Å². The summed E-state index contributed by atoms with van der Waals surface area (Å²) in [5, 5.41) is 3.82. The average molecular weight is 414 g/mol. The topological polar surface area (TPSA) is 38.3 Å². The van der Waals surface area contributed by atoms with Crippen LogP contribution < -0.4 is 10.1 Å². The van der Waals surface area contributed by atoms with E-state index in [1.165, 1.54) is 6.08 Å². The molecule has 2 atom stereocenters. The Hall–Kier alpha value is -1.78. The summed E-state index contributed by atoms with van der Waals surface area (Å²) in [6.45, 7) is 11.0. The van der Waals surface area contributed by atoms with Crippen molar-refractivity contribution in [1.82, 2.24) is 5.32 Å². The molecular weight excluding hydrogens is 388 g/mol. The summed E-state index contributed by atoms with van der Waals surface area (Å²) in [7, 11) is 0. The van der Waals surface area contributed by atoms with Crippen LogP contribution in [-0.4, -0.2) is 18.1 Å². The molecule has 1 rings (SSSR count). The van der Waals surface area contributed by atoms with E-state index < -0.39 is 11.9 Å². The highest BCUT2D eigenvalue weighted by molar-refractivity contribution is 6.35. The van der Waals surface area contributed by atoms with Crippen molar-refractivity contribution in [3.63, 3.8) is 0 Å². The fraction of sp³-hybridized carbons (Fsp3) is 0.381. The fourth-order valence-electron chi connectivity index (χ4n) is 2.48. The molecule has 1 amide bonds. The Labute approximate surface area is 170 Å². The summed E-state index contributed by atoms with van der Waals surface area (Å²) in [6, 6.07) is 4.59. The first-order valence-corrected chi connectivity index (χ1v) is 9.53. The van der Waals surface area contributed by atoms with E-state index >= 15 is 0 Å². The number of carbonyl (C=O) groups is 1. The molecule has 0 heterocycles. The van der Waals surface area contributed by atoms with Crippen molar-refractivity contribution in [3.05, 3.63) is 64.5 Å². The van der Waals surface area contributed by atoms with Gasteiger partial charge < -0.3 is 10.1 Å². The van der Waals surface area contributed by atoms with Crippen LogP contribution in [0.2, 0.25) is 10.0 Å². The van der Waals surface area contributed by atoms with E-state index in [4.69, 9.17) is 27.9 Å². The van der Waals surface area contributed by atoms with E-state index in [0.717, 1.165) is 11.6 Å². The Kier molecular flexibility index (Phi) is 9.61. The highest BCUT2D eigenvalue weighted by Crippen LogP contribution is 2.28. The van der Waals surface area contributed by atoms with Crippen molar-refractivity contribution in [2.24, 2.45) is 5.92 Å². The number of amides is 1. The fourth-order valence-corrected chi connectivity index (χ4v) is 2.93. The Morgan fingerprint density at radius 3 is 2.52 bits per heavy atom. The van der Waals surface area contributed by atoms with Crippen LogP contribution in [0, 0.1) is 5.92 Å². The zero-order valence-corrected chi connectivity index (χ0v) is 17.6. The van der Waals surface area contributed by atoms with Gasteiger partial charge in [0, 0.05) is 5.02 Å². The predicted molar refractivity (Wildman–Crippen MR) is 111 cm³/mol. The zero-order valence-electron chi connectivity index (χ0n) is 16.1. The molecule has 0 aliphatic rings. The molecule has 0 aliphatic carbocycles. The Morgan fingerprint density at radius 1 is 1.33 bits per heavy atom. The zero-order chi connectivity index (χ0) is 20.6. The third kappa shape index (κ3) is 7.39. The number of hydrogen-bond acceptors (Lipinski definition) is 2. The highest BCUT2D eigenvalue weighted by Gasteiger charge is 2.24. The molecular formula is C21H26Cl2FNO2. The molecule has 6 heteroatoms. The number of ether oxygens (including phenoxy) is 1. The highest BCUT2D eigenvalue weighted by atomic mass is 35.5. The van der Waals surface area contributed by atoms with E-state index in [1.807, 2.05) is 27.7 Å². The van der Waals surface area contributed by atoms with Gasteiger partial charge in [-0.05, 0) is 49.6 Å². The molecule has 1 aromatic carbocycles. The monoisotopic (exact) mass is 413 g/mol. The van der Waals surface area contributed by atoms with Crippen LogP contribution in [0.1, 0.15) is 34.1 Å². The number of carbonyl (C=O) groups excluding carboxylic acids is 1. The quantitative estimate of drug-likeness (QED) is 0.483. The number of benzene rings is 1. The minimum Gasteiger partial charge on any atom is -0.479 e. The number of hydrogen-bond donors (Lipinski definition) is 1. The molecule has 0 aromatic heterocycles. The maximum atomic E-state index is 13.3. The largest absolute Gasteiger partial charge is 0.479 e. The summed E-state index contributed by atoms with van der Waals surface area (Å²) in [4.78, 5) is 12.7. The van der Waals surface area contributed by atoms with Crippen molar-refractivity contribution >= 4 is 29.1 Å². The SMILES string of the molecule is C=C/C(F)=C\C=C(/C)C(NC(=O)C(CC)Oc1ccc(Cl)cc1Cl)C(C)C. The van der Waals surface area contributed by atoms with E-state index in [2.05, 4.69) is 11.9 Å². The molecule has 0 aliphatic heterocycles. The van der Waals surface area contributed by atoms with Crippen molar-refractivity contribution in [1.29, 1.82) is 0 Å². The van der Waals surface area contributed by atoms with E-state index in [9.17, 15) is 9.18 Å². The van der Waals surface area contributed by atoms with Crippen LogP contribution in [0.5, 0.6) is 5.75 Å². The van der Waals surface area contributed by atoms with Crippen LogP contribution >= 0.6 is 23.2 Å². The third-order valence-electron chi connectivity index (χ3n) is 3.98. The average Bonchev–Trinajstić information content (AvgIpc) is 2.62. The lowest BCUT2D eigenvalue weighted by atomic mass is 9.96. The Morgan fingerprint density at radius 2 is 2.00 bits per heavy atom. The first-order chi connectivity index (χ1) is 12.7. The van der Waals surface area contributed by atoms with Gasteiger partial charge in [-0.25, -0.2) is 4.39 Å². The van der Waals surface area contributed by atoms with Gasteiger partial charge in [-0.3, -0.25) is 4.79 Å². The second-order valence-corrected chi connectivity index (χ2v) is 7.33. The number of allylic oxidation sites excluding steroid dienone is 4. The Bertz CT molecular complexity index is 729. The van der Waals surface area contributed by atoms with Crippen LogP contribution in [0.3, 0.4) is 0 Å². The second kappa shape index (κ2) is 11.2. The molecule has 0 saturated heterocycles. The molecule has 0 bridgehead atoms. The minimum absolute atomic E-state index is 0.113. The summed E-state index contributed by atoms with van der Waals surface area (Å²) in [5.41, 5.74) is 0.828. The minimum atomic E-state index is -0.710. The molecule has 148 valence electrons. The Balaban J connectivity index is 2.93. The van der Waals surface area contributed by atoms with Crippen molar-refractivity contribution in [3.8, 4) is 5.75 Å². The van der Waals surface area contributed by atoms with E-state index in [0.29, 0.717) is 22.2 Å². The molecule has 0 fully saturated rings. The van der Waals surface area contributed by atoms with Crippen molar-refractivity contribution < 1.29 is 13.9 Å². The van der Waals surface area contributed by atoms with Gasteiger partial charge in [0.1, 0.15) is 11.6 Å². The van der Waals surface area contributed by atoms with Gasteiger partial charge in [0.05, 0.1) is 11.1 Å². The summed E-state index contributed by atoms with van der Waals surface area (Å²) < 4.78 is 19.1. The smallest absolute Gasteiger partial charge is 0.261 e. The summed E-state index contributed by atoms with van der Waals surface area (Å²) in [6.07, 6.45) is 3.84. The van der Waals surface area contributed by atoms with Crippen LogP contribution in [-0.2, 0) is 4.79 Å². The maximum Gasteiger partial charge on any atom is 0.261 e. The van der Waals surface area contributed by atoms with Gasteiger partial charge in [0.2, 0.25) is 0 Å². The predicted octanol–water partition coefficient (Wildman–Crippen LogP) is 6.28. The van der Waals surface area contributed by atoms with Gasteiger partial charge in [0.15, 0.2) is 6.10 Å². The van der Waals surface area contributed by atoms with Crippen molar-refractivity contribution in [2.75, 3.05) is 0 Å². The summed E-state index contributed by atoms with van der Waals surface area (Å²) in [5.74, 6) is -0.187. The second-order valence-electron chi connectivity index (χ2n) is 6.49. The lowest BCUT2D eigenvalue weighted by Crippen LogP contribution is -2.46. The van der Waals surface area contributed by atoms with Gasteiger partial charge in [-0.15, -0.1) is 0 Å². The number of halogens is 3. The van der Waals surface area contributed by atoms with Crippen LogP contribution in [0.4, 0.5) is 4.39 Å². The van der Waals surface area contributed by atoms with Gasteiger partial charge in [0.25, 0.3) is 5.91 Å². The molecule has 1 aromatic rings. The van der Waals surface area contributed by atoms with E-state index in [-0.39, 0.29) is 17.9 Å². The number of rotatable bonds is 9. The molecule has 3 nitrogen and oxygen atoms in total. The van der Waals surface area contributed by atoms with Crippen molar-refractivity contribution in [2.45, 2.75) is 46.3 Å². The lowest BCUT2D eigenvalue weighted by Gasteiger charge is -2.26. The molecule has 0 saturated carbocycles. The first kappa shape index (κ1) is 23.3. The third-order valence-corrected chi connectivity index (χ3v) is 4.51. The molecule has 2 unspecified atom stereocenters. The van der Waals surface area contributed by atoms with Gasteiger partial charge >= 0.3 is 0 Å². The summed E-state index contributed by atoms with van der Waals surface area (Å²) >= 11 is 12.0. The van der Waals surface area contributed by atoms with E-state index in [1.54, 1.807) is 24.3 Å². The maximum absolute atomic E-state index is 13.3. The molecule has 0 radical (unpaired) electrons. The lowest BCUT2D eigenvalue weighted by molar-refractivity contribution is -0.128. The van der Waals surface area contributed by atoms with Crippen LogP contribution in [0.25, 0.3) is 0 Å². The standard InChI is InChI=1S/C21H26Cl2FNO2/c1-6-16(24)10-8-14(5)20(13(3)4)25-21(26)18(7-2)27-19-11-9-15(22)12-17(19)23/h6,8-13,18,20H,1,7H2,2-5H3,(H,25,26)/b14-8+,16-10+. The molecule has 27 heavy (non-hydrogen) atoms. The first-order valence-electron chi connectivity index (χ1n) is 8.78. The van der Waals surface area contributed by atoms with Gasteiger partial charge in [-0.1, -0.05) is 62.2 Å². The number of nitrogens with one attached hydrogen (secondary N) is 1. The molecule has 0 spiro atoms. The van der Waals surface area contributed by atoms with Crippen LogP contribution in [0.15, 0.2) is 54.4 Å². The normalized spacial score (nSPS) is 14.7.